The van der Waals surface area contributed by atoms with Crippen LogP contribution in [0.1, 0.15) is 35.9 Å². The Morgan fingerprint density at radius 3 is 3.06 bits per heavy atom. The summed E-state index contributed by atoms with van der Waals surface area (Å²) in [5.41, 5.74) is 2.96. The van der Waals surface area contributed by atoms with E-state index in [1.54, 1.807) is 0 Å². The topological polar surface area (TPSA) is 45.8 Å². The molecule has 0 saturated carbocycles. The predicted molar refractivity (Wildman–Crippen MR) is 67.9 cm³/mol. The summed E-state index contributed by atoms with van der Waals surface area (Å²) in [7, 11) is 0. The van der Waals surface area contributed by atoms with Crippen molar-refractivity contribution >= 4 is 16.8 Å². The molecule has 17 heavy (non-hydrogen) atoms. The third-order valence-corrected chi connectivity index (χ3v) is 2.61. The first-order valence-corrected chi connectivity index (χ1v) is 5.70. The van der Waals surface area contributed by atoms with Crippen molar-refractivity contribution in [2.24, 2.45) is 0 Å². The van der Waals surface area contributed by atoms with Crippen molar-refractivity contribution in [1.29, 1.82) is 0 Å². The van der Waals surface area contributed by atoms with Crippen LogP contribution >= 0.6 is 0 Å². The number of H-pyrrole nitrogens is 1. The predicted octanol–water partition coefficient (Wildman–Crippen LogP) is 2.72. The second-order valence-electron chi connectivity index (χ2n) is 3.99. The van der Waals surface area contributed by atoms with E-state index in [2.05, 4.69) is 22.8 Å². The van der Waals surface area contributed by atoms with Gasteiger partial charge in [-0.25, -0.2) is 4.98 Å². The number of hydrogen-bond donors (Lipinski definition) is 1. The SMILES string of the molecule is C#CCC(=O)c1nc2ccc(CCC)cc2[nH]1. The molecule has 0 bridgehead atoms. The smallest absolute Gasteiger partial charge is 0.209 e. The van der Waals surface area contributed by atoms with Gasteiger partial charge in [0.05, 0.1) is 17.5 Å². The summed E-state index contributed by atoms with van der Waals surface area (Å²) in [4.78, 5) is 18.8. The van der Waals surface area contributed by atoms with Crippen molar-refractivity contribution in [2.45, 2.75) is 26.2 Å². The molecule has 0 spiro atoms. The number of benzene rings is 1. The molecule has 0 unspecified atom stereocenters. The van der Waals surface area contributed by atoms with Gasteiger partial charge in [0, 0.05) is 0 Å². The number of imidazole rings is 1. The second kappa shape index (κ2) is 4.84. The minimum atomic E-state index is -0.138. The van der Waals surface area contributed by atoms with Crippen molar-refractivity contribution < 1.29 is 4.79 Å². The Morgan fingerprint density at radius 2 is 2.35 bits per heavy atom. The summed E-state index contributed by atoms with van der Waals surface area (Å²) in [6, 6.07) is 6.02. The number of carbonyl (C=O) groups is 1. The number of aromatic nitrogens is 2. The van der Waals surface area contributed by atoms with Crippen LogP contribution < -0.4 is 0 Å². The Labute approximate surface area is 100 Å². The maximum Gasteiger partial charge on any atom is 0.209 e. The van der Waals surface area contributed by atoms with E-state index in [1.807, 2.05) is 18.2 Å². The minimum absolute atomic E-state index is 0.0850. The molecule has 0 aliphatic rings. The van der Waals surface area contributed by atoms with E-state index in [1.165, 1.54) is 5.56 Å². The summed E-state index contributed by atoms with van der Waals surface area (Å²) in [6.45, 7) is 2.14. The molecule has 2 rings (SSSR count). The normalized spacial score (nSPS) is 10.4. The van der Waals surface area contributed by atoms with Gasteiger partial charge in [-0.1, -0.05) is 25.3 Å². The van der Waals surface area contributed by atoms with E-state index in [9.17, 15) is 4.79 Å². The maximum absolute atomic E-state index is 11.6. The standard InChI is InChI=1S/C14H14N2O/c1-3-5-10-7-8-11-12(9-10)16-14(15-11)13(17)6-4-2/h2,7-9H,3,5-6H2,1H3,(H,15,16). The first-order chi connectivity index (χ1) is 8.24. The van der Waals surface area contributed by atoms with Gasteiger partial charge in [-0.05, 0) is 24.1 Å². The van der Waals surface area contributed by atoms with Gasteiger partial charge in [-0.15, -0.1) is 6.42 Å². The van der Waals surface area contributed by atoms with Gasteiger partial charge >= 0.3 is 0 Å². The maximum atomic E-state index is 11.6. The molecular formula is C14H14N2O. The van der Waals surface area contributed by atoms with E-state index in [0.29, 0.717) is 5.82 Å². The summed E-state index contributed by atoms with van der Waals surface area (Å²) in [5, 5.41) is 0. The quantitative estimate of drug-likeness (QED) is 0.643. The number of hydrogen-bond acceptors (Lipinski definition) is 2. The molecule has 0 fully saturated rings. The Hall–Kier alpha value is -2.08. The summed E-state index contributed by atoms with van der Waals surface area (Å²) >= 11 is 0. The fraction of sp³-hybridized carbons (Fsp3) is 0.286. The van der Waals surface area contributed by atoms with Crippen LogP contribution in [-0.4, -0.2) is 15.8 Å². The molecule has 0 atom stereocenters. The Kier molecular flexibility index (Phi) is 3.24. The number of fused-ring (bicyclic) bond motifs is 1. The summed E-state index contributed by atoms with van der Waals surface area (Å²) < 4.78 is 0. The van der Waals surface area contributed by atoms with E-state index >= 15 is 0 Å². The highest BCUT2D eigenvalue weighted by atomic mass is 16.1. The fourth-order valence-electron chi connectivity index (χ4n) is 1.81. The second-order valence-corrected chi connectivity index (χ2v) is 3.99. The molecule has 0 aliphatic heterocycles. The highest BCUT2D eigenvalue weighted by Gasteiger charge is 2.10. The zero-order valence-electron chi connectivity index (χ0n) is 9.79. The van der Waals surface area contributed by atoms with E-state index in [4.69, 9.17) is 6.42 Å². The van der Waals surface area contributed by atoms with Crippen molar-refractivity contribution in [2.75, 3.05) is 0 Å². The fourth-order valence-corrected chi connectivity index (χ4v) is 1.81. The molecule has 1 heterocycles. The Morgan fingerprint density at radius 1 is 1.53 bits per heavy atom. The molecule has 0 amide bonds. The average molecular weight is 226 g/mol. The van der Waals surface area contributed by atoms with E-state index < -0.39 is 0 Å². The number of rotatable bonds is 4. The van der Waals surface area contributed by atoms with Crippen LogP contribution in [0, 0.1) is 12.3 Å². The molecule has 1 aromatic heterocycles. The summed E-state index contributed by atoms with van der Waals surface area (Å²) in [6.07, 6.45) is 7.33. The van der Waals surface area contributed by atoms with Crippen LogP contribution in [0.25, 0.3) is 11.0 Å². The monoisotopic (exact) mass is 226 g/mol. The van der Waals surface area contributed by atoms with Crippen LogP contribution in [-0.2, 0) is 6.42 Å². The molecule has 86 valence electrons. The highest BCUT2D eigenvalue weighted by molar-refractivity contribution is 5.97. The van der Waals surface area contributed by atoms with Crippen LogP contribution in [0.15, 0.2) is 18.2 Å². The van der Waals surface area contributed by atoms with Gasteiger partial charge in [0.25, 0.3) is 0 Å². The molecule has 0 saturated heterocycles. The largest absolute Gasteiger partial charge is 0.335 e. The lowest BCUT2D eigenvalue weighted by Crippen LogP contribution is -1.99. The molecule has 2 aromatic rings. The van der Waals surface area contributed by atoms with Crippen LogP contribution in [0.4, 0.5) is 0 Å². The van der Waals surface area contributed by atoms with Crippen LogP contribution in [0.3, 0.4) is 0 Å². The van der Waals surface area contributed by atoms with Gasteiger partial charge in [0.1, 0.15) is 0 Å². The first kappa shape index (κ1) is 11.4. The molecule has 1 aromatic carbocycles. The van der Waals surface area contributed by atoms with Crippen molar-refractivity contribution in [3.8, 4) is 12.3 Å². The molecule has 3 nitrogen and oxygen atoms in total. The van der Waals surface area contributed by atoms with Crippen molar-refractivity contribution in [3.05, 3.63) is 29.6 Å². The van der Waals surface area contributed by atoms with Gasteiger partial charge in [-0.3, -0.25) is 4.79 Å². The first-order valence-electron chi connectivity index (χ1n) is 5.70. The number of ketones is 1. The van der Waals surface area contributed by atoms with Crippen molar-refractivity contribution in [3.63, 3.8) is 0 Å². The van der Waals surface area contributed by atoms with Crippen LogP contribution in [0.5, 0.6) is 0 Å². The van der Waals surface area contributed by atoms with E-state index in [-0.39, 0.29) is 12.2 Å². The van der Waals surface area contributed by atoms with Gasteiger partial charge in [-0.2, -0.15) is 0 Å². The minimum Gasteiger partial charge on any atom is -0.335 e. The lowest BCUT2D eigenvalue weighted by Gasteiger charge is -1.96. The molecule has 0 aliphatic carbocycles. The number of Topliss-reactive ketones (excluding diaryl/α,β-unsaturated/α-hetero) is 1. The van der Waals surface area contributed by atoms with Gasteiger partial charge < -0.3 is 4.98 Å². The number of carbonyl (C=O) groups excluding carboxylic acids is 1. The third-order valence-electron chi connectivity index (χ3n) is 2.61. The molecule has 3 heteroatoms. The van der Waals surface area contributed by atoms with E-state index in [0.717, 1.165) is 23.9 Å². The molecular weight excluding hydrogens is 212 g/mol. The lowest BCUT2D eigenvalue weighted by molar-refractivity contribution is 0.0989. The summed E-state index contributed by atoms with van der Waals surface area (Å²) in [5.74, 6) is 2.55. The molecule has 1 N–H and O–H groups in total. The Bertz CT molecular complexity index is 590. The Balaban J connectivity index is 2.37. The third kappa shape index (κ3) is 2.36. The number of nitrogens with one attached hydrogen (secondary N) is 1. The highest BCUT2D eigenvalue weighted by Crippen LogP contribution is 2.15. The van der Waals surface area contributed by atoms with Gasteiger partial charge in [0.2, 0.25) is 5.78 Å². The zero-order valence-corrected chi connectivity index (χ0v) is 9.79. The number of terminal acetylenes is 1. The number of nitrogens with zero attached hydrogens (tertiary/aromatic N) is 1. The number of aryl methyl sites for hydroxylation is 1. The van der Waals surface area contributed by atoms with Crippen molar-refractivity contribution in [1.82, 2.24) is 9.97 Å². The lowest BCUT2D eigenvalue weighted by atomic mass is 10.1. The van der Waals surface area contributed by atoms with Crippen LogP contribution in [0.2, 0.25) is 0 Å². The average Bonchev–Trinajstić information content (AvgIpc) is 2.73. The zero-order chi connectivity index (χ0) is 12.3. The van der Waals surface area contributed by atoms with Gasteiger partial charge in [0.15, 0.2) is 5.82 Å². The molecule has 0 radical (unpaired) electrons. The number of aromatic amines is 1.